The molecule has 0 fully saturated rings. The van der Waals surface area contributed by atoms with Crippen molar-refractivity contribution < 1.29 is 4.79 Å². The van der Waals surface area contributed by atoms with Crippen molar-refractivity contribution in [1.29, 1.82) is 0 Å². The predicted molar refractivity (Wildman–Crippen MR) is 104 cm³/mol. The molecule has 0 heterocycles. The molecule has 2 rings (SSSR count). The van der Waals surface area contributed by atoms with Crippen molar-refractivity contribution >= 4 is 11.5 Å². The molecule has 0 aromatic heterocycles. The summed E-state index contributed by atoms with van der Waals surface area (Å²) in [6, 6.07) is 9.98. The van der Waals surface area contributed by atoms with Crippen LogP contribution >= 0.6 is 0 Å². The molecule has 0 unspecified atom stereocenters. The smallest absolute Gasteiger partial charge is 0.252 e. The summed E-state index contributed by atoms with van der Waals surface area (Å²) in [6.45, 7) is 19.2. The van der Waals surface area contributed by atoms with Crippen LogP contribution in [0.1, 0.15) is 45.1 Å². The van der Waals surface area contributed by atoms with Crippen molar-refractivity contribution in [2.45, 2.75) is 41.5 Å². The highest BCUT2D eigenvalue weighted by Gasteiger charge is 2.20. The van der Waals surface area contributed by atoms with Crippen molar-refractivity contribution in [2.24, 2.45) is 0 Å². The quantitative estimate of drug-likeness (QED) is 0.444. The van der Waals surface area contributed by atoms with Crippen molar-refractivity contribution in [1.82, 2.24) is 0 Å². The lowest BCUT2D eigenvalue weighted by Gasteiger charge is -2.15. The monoisotopic (exact) mass is 332 g/mol. The Balaban J connectivity index is 2.50. The first-order chi connectivity index (χ1) is 11.8. The van der Waals surface area contributed by atoms with Gasteiger partial charge in [-0.1, -0.05) is 35.9 Å². The molecule has 128 valence electrons. The Morgan fingerprint density at radius 3 is 1.96 bits per heavy atom. The molecule has 0 aliphatic carbocycles. The van der Waals surface area contributed by atoms with Crippen molar-refractivity contribution in [2.75, 3.05) is 5.32 Å². The topological polar surface area (TPSA) is 33.5 Å². The van der Waals surface area contributed by atoms with Gasteiger partial charge in [-0.3, -0.25) is 0 Å². The van der Waals surface area contributed by atoms with Crippen LogP contribution in [-0.4, -0.2) is 5.78 Å². The van der Waals surface area contributed by atoms with E-state index in [0.717, 1.165) is 33.5 Å². The molecule has 0 radical (unpaired) electrons. The summed E-state index contributed by atoms with van der Waals surface area (Å²) in [4.78, 5) is 16.6. The molecule has 0 atom stereocenters. The van der Waals surface area contributed by atoms with Crippen LogP contribution in [0, 0.1) is 41.2 Å². The summed E-state index contributed by atoms with van der Waals surface area (Å²) in [5, 5.41) is 3.28. The molecule has 0 spiro atoms. The van der Waals surface area contributed by atoms with E-state index >= 15 is 0 Å². The molecule has 25 heavy (non-hydrogen) atoms. The zero-order valence-electron chi connectivity index (χ0n) is 15.7. The van der Waals surface area contributed by atoms with Gasteiger partial charge in [0.1, 0.15) is 0 Å². The molecule has 0 amide bonds. The van der Waals surface area contributed by atoms with Crippen LogP contribution in [0.3, 0.4) is 0 Å². The Morgan fingerprint density at radius 1 is 0.960 bits per heavy atom. The zero-order valence-corrected chi connectivity index (χ0v) is 15.7. The van der Waals surface area contributed by atoms with Gasteiger partial charge in [0.05, 0.1) is 6.57 Å². The third kappa shape index (κ3) is 3.80. The maximum atomic E-state index is 13.0. The van der Waals surface area contributed by atoms with E-state index in [1.54, 1.807) is 6.92 Å². The number of nitrogens with one attached hydrogen (secondary N) is 1. The van der Waals surface area contributed by atoms with Gasteiger partial charge in [0.25, 0.3) is 5.70 Å². The molecule has 3 nitrogen and oxygen atoms in total. The number of hydrogen-bond acceptors (Lipinski definition) is 2. The molecule has 0 bridgehead atoms. The summed E-state index contributed by atoms with van der Waals surface area (Å²) in [7, 11) is 0. The Morgan fingerprint density at radius 2 is 1.48 bits per heavy atom. The number of Topliss-reactive ketones (excluding diaryl/α,β-unsaturated/α-hetero) is 1. The van der Waals surface area contributed by atoms with Gasteiger partial charge in [0.2, 0.25) is 0 Å². The van der Waals surface area contributed by atoms with E-state index in [1.165, 1.54) is 0 Å². The fraction of sp³-hybridized carbons (Fsp3) is 0.273. The number of hydrogen-bond donors (Lipinski definition) is 1. The van der Waals surface area contributed by atoms with Crippen molar-refractivity contribution in [3.8, 4) is 0 Å². The third-order valence-electron chi connectivity index (χ3n) is 4.38. The van der Waals surface area contributed by atoms with E-state index in [-0.39, 0.29) is 11.5 Å². The minimum atomic E-state index is -0.221. The van der Waals surface area contributed by atoms with E-state index in [1.807, 2.05) is 65.0 Å². The van der Waals surface area contributed by atoms with Crippen LogP contribution in [0.4, 0.5) is 5.69 Å². The summed E-state index contributed by atoms with van der Waals surface area (Å²) in [5.41, 5.74) is 7.38. The van der Waals surface area contributed by atoms with Gasteiger partial charge in [0, 0.05) is 16.9 Å². The second kappa shape index (κ2) is 7.36. The SMILES string of the molecule is [C-]#[N+]C(C(=O)c1c(C)cc(C)cc1C)=C(C)Nc1c(C)cccc1C. The van der Waals surface area contributed by atoms with Gasteiger partial charge >= 0.3 is 0 Å². The predicted octanol–water partition coefficient (Wildman–Crippen LogP) is 5.67. The summed E-state index contributed by atoms with van der Waals surface area (Å²) in [5.74, 6) is -0.221. The summed E-state index contributed by atoms with van der Waals surface area (Å²) >= 11 is 0. The minimum Gasteiger partial charge on any atom is -0.368 e. The highest BCUT2D eigenvalue weighted by molar-refractivity contribution is 6.12. The molecule has 2 aromatic carbocycles. The van der Waals surface area contributed by atoms with Crippen LogP contribution in [0.2, 0.25) is 0 Å². The van der Waals surface area contributed by atoms with Crippen LogP contribution in [0.15, 0.2) is 41.7 Å². The van der Waals surface area contributed by atoms with Crippen LogP contribution < -0.4 is 5.32 Å². The van der Waals surface area contributed by atoms with E-state index < -0.39 is 0 Å². The second-order valence-electron chi connectivity index (χ2n) is 6.58. The number of rotatable bonds is 4. The molecule has 3 heteroatoms. The number of para-hydroxylation sites is 1. The third-order valence-corrected chi connectivity index (χ3v) is 4.38. The first-order valence-corrected chi connectivity index (χ1v) is 8.30. The first-order valence-electron chi connectivity index (χ1n) is 8.30. The molecular weight excluding hydrogens is 308 g/mol. The lowest BCUT2D eigenvalue weighted by Crippen LogP contribution is -2.11. The molecular formula is C22H24N2O. The van der Waals surface area contributed by atoms with Crippen LogP contribution in [-0.2, 0) is 0 Å². The lowest BCUT2D eigenvalue weighted by molar-refractivity contribution is 0.103. The second-order valence-corrected chi connectivity index (χ2v) is 6.58. The van der Waals surface area contributed by atoms with Crippen LogP contribution in [0.25, 0.3) is 4.85 Å². The maximum Gasteiger partial charge on any atom is 0.252 e. The van der Waals surface area contributed by atoms with Gasteiger partial charge in [-0.2, -0.15) is 0 Å². The lowest BCUT2D eigenvalue weighted by atomic mass is 9.95. The van der Waals surface area contributed by atoms with Gasteiger partial charge in [-0.25, -0.2) is 4.85 Å². The maximum absolute atomic E-state index is 13.0. The zero-order chi connectivity index (χ0) is 18.7. The molecule has 0 aliphatic heterocycles. The Hall–Kier alpha value is -2.86. The molecule has 2 aromatic rings. The number of anilines is 1. The number of nitrogens with zero attached hydrogens (tertiary/aromatic N) is 1. The van der Waals surface area contributed by atoms with E-state index in [2.05, 4.69) is 10.2 Å². The normalized spacial score (nSPS) is 11.6. The Labute approximate surface area is 150 Å². The number of carbonyl (C=O) groups is 1. The summed E-state index contributed by atoms with van der Waals surface area (Å²) in [6.07, 6.45) is 0. The van der Waals surface area contributed by atoms with Gasteiger partial charge in [-0.15, -0.1) is 0 Å². The Kier molecular flexibility index (Phi) is 5.44. The van der Waals surface area contributed by atoms with Gasteiger partial charge in [-0.05, 0) is 63.8 Å². The number of carbonyl (C=O) groups excluding carboxylic acids is 1. The largest absolute Gasteiger partial charge is 0.368 e. The van der Waals surface area contributed by atoms with Gasteiger partial charge in [0.15, 0.2) is 5.78 Å². The van der Waals surface area contributed by atoms with Crippen LogP contribution in [0.5, 0.6) is 0 Å². The highest BCUT2D eigenvalue weighted by atomic mass is 16.1. The number of ketones is 1. The molecule has 0 saturated carbocycles. The standard InChI is InChI=1S/C22H24N2O/c1-13-11-16(4)19(17(5)12-13)22(25)21(23-7)18(6)24-20-14(2)9-8-10-15(20)3/h8-12,24H,1-6H3. The van der Waals surface area contributed by atoms with Crippen molar-refractivity contribution in [3.05, 3.63) is 86.5 Å². The van der Waals surface area contributed by atoms with Crippen molar-refractivity contribution in [3.63, 3.8) is 0 Å². The van der Waals surface area contributed by atoms with E-state index in [0.29, 0.717) is 11.3 Å². The fourth-order valence-corrected chi connectivity index (χ4v) is 3.22. The van der Waals surface area contributed by atoms with E-state index in [4.69, 9.17) is 6.57 Å². The first kappa shape index (κ1) is 18.5. The summed E-state index contributed by atoms with van der Waals surface area (Å²) < 4.78 is 0. The highest BCUT2D eigenvalue weighted by Crippen LogP contribution is 2.25. The minimum absolute atomic E-state index is 0.137. The number of aryl methyl sites for hydroxylation is 5. The number of benzene rings is 2. The molecule has 0 aliphatic rings. The van der Waals surface area contributed by atoms with E-state index in [9.17, 15) is 4.79 Å². The molecule has 0 saturated heterocycles. The average Bonchev–Trinajstić information content (AvgIpc) is 2.50. The average molecular weight is 332 g/mol. The molecule has 1 N–H and O–H groups in total. The van der Waals surface area contributed by atoms with Gasteiger partial charge < -0.3 is 10.1 Å². The fourth-order valence-electron chi connectivity index (χ4n) is 3.22. The Bertz CT molecular complexity index is 871. The number of allylic oxidation sites excluding steroid dienone is 2.